The molecule has 1 aromatic carbocycles. The van der Waals surface area contributed by atoms with Crippen molar-refractivity contribution >= 4 is 11.7 Å². The van der Waals surface area contributed by atoms with Crippen LogP contribution in [0.15, 0.2) is 29.4 Å². The molecule has 0 bridgehead atoms. The van der Waals surface area contributed by atoms with E-state index in [1.807, 2.05) is 12.1 Å². The Labute approximate surface area is 136 Å². The Morgan fingerprint density at radius 2 is 2.00 bits per heavy atom. The van der Waals surface area contributed by atoms with Crippen LogP contribution in [-0.4, -0.2) is 31.5 Å². The van der Waals surface area contributed by atoms with Crippen LogP contribution in [0.1, 0.15) is 44.1 Å². The van der Waals surface area contributed by atoms with E-state index in [0.29, 0.717) is 5.92 Å². The number of oxime groups is 1. The smallest absolute Gasteiger partial charge is 0.303 e. The van der Waals surface area contributed by atoms with Crippen LogP contribution in [0.2, 0.25) is 0 Å². The number of benzene rings is 1. The topological polar surface area (TPSA) is 57.1 Å². The summed E-state index contributed by atoms with van der Waals surface area (Å²) >= 11 is 0. The van der Waals surface area contributed by atoms with Crippen molar-refractivity contribution in [2.75, 3.05) is 13.7 Å². The number of carbonyl (C=O) groups excluding carboxylic acids is 1. The summed E-state index contributed by atoms with van der Waals surface area (Å²) in [6.45, 7) is 1.60. The van der Waals surface area contributed by atoms with Gasteiger partial charge in [-0.25, -0.2) is 0 Å². The van der Waals surface area contributed by atoms with Gasteiger partial charge >= 0.3 is 5.97 Å². The van der Waals surface area contributed by atoms with Crippen LogP contribution >= 0.6 is 0 Å². The van der Waals surface area contributed by atoms with Crippen molar-refractivity contribution in [3.63, 3.8) is 0 Å². The van der Waals surface area contributed by atoms with Crippen molar-refractivity contribution in [2.24, 2.45) is 11.1 Å². The molecule has 1 fully saturated rings. The van der Waals surface area contributed by atoms with E-state index in [4.69, 9.17) is 14.3 Å². The van der Waals surface area contributed by atoms with Gasteiger partial charge in [-0.2, -0.15) is 0 Å². The predicted molar refractivity (Wildman–Crippen MR) is 86.6 cm³/mol. The zero-order valence-electron chi connectivity index (χ0n) is 13.7. The molecular formula is C18H23NO4. The van der Waals surface area contributed by atoms with Gasteiger partial charge in [-0.15, -0.1) is 0 Å². The highest BCUT2D eigenvalue weighted by Gasteiger charge is 2.40. The average molecular weight is 317 g/mol. The van der Waals surface area contributed by atoms with Crippen molar-refractivity contribution in [1.82, 2.24) is 0 Å². The minimum absolute atomic E-state index is 0.138. The summed E-state index contributed by atoms with van der Waals surface area (Å²) in [6, 6.07) is 8.08. The van der Waals surface area contributed by atoms with Crippen LogP contribution in [0.25, 0.3) is 0 Å². The molecule has 3 rings (SSSR count). The molecule has 124 valence electrons. The Balaban J connectivity index is 1.89. The molecule has 1 aliphatic carbocycles. The molecule has 0 spiro atoms. The van der Waals surface area contributed by atoms with Crippen molar-refractivity contribution in [3.8, 4) is 5.75 Å². The van der Waals surface area contributed by atoms with Gasteiger partial charge in [0.25, 0.3) is 0 Å². The Morgan fingerprint density at radius 3 is 2.70 bits per heavy atom. The molecule has 2 aliphatic rings. The molecule has 0 N–H and O–H groups in total. The van der Waals surface area contributed by atoms with E-state index in [1.165, 1.54) is 25.3 Å². The van der Waals surface area contributed by atoms with Gasteiger partial charge in [-0.1, -0.05) is 23.7 Å². The van der Waals surface area contributed by atoms with Crippen molar-refractivity contribution in [3.05, 3.63) is 29.8 Å². The second kappa shape index (κ2) is 7.02. The first-order valence-corrected chi connectivity index (χ1v) is 8.19. The molecule has 1 aliphatic heterocycles. The van der Waals surface area contributed by atoms with Gasteiger partial charge in [0.1, 0.15) is 24.2 Å². The zero-order chi connectivity index (χ0) is 16.2. The lowest BCUT2D eigenvalue weighted by Crippen LogP contribution is -2.40. The van der Waals surface area contributed by atoms with E-state index in [2.05, 4.69) is 17.3 Å². The van der Waals surface area contributed by atoms with Crippen molar-refractivity contribution < 1.29 is 19.1 Å². The van der Waals surface area contributed by atoms with Crippen LogP contribution in [0.5, 0.6) is 5.75 Å². The van der Waals surface area contributed by atoms with E-state index in [9.17, 15) is 4.79 Å². The van der Waals surface area contributed by atoms with Gasteiger partial charge < -0.3 is 14.3 Å². The van der Waals surface area contributed by atoms with E-state index < -0.39 is 0 Å². The maximum atomic E-state index is 11.2. The zero-order valence-corrected chi connectivity index (χ0v) is 13.7. The SMILES string of the molecule is COc1ccc([C@@H]2C(COC(C)=O)=NO[C@H]3CCCC[C@H]32)cc1. The maximum absolute atomic E-state index is 11.2. The number of rotatable bonds is 4. The summed E-state index contributed by atoms with van der Waals surface area (Å²) in [4.78, 5) is 16.9. The molecule has 0 radical (unpaired) electrons. The van der Waals surface area contributed by atoms with E-state index >= 15 is 0 Å². The first kappa shape index (κ1) is 15.8. The van der Waals surface area contributed by atoms with Crippen molar-refractivity contribution in [1.29, 1.82) is 0 Å². The maximum Gasteiger partial charge on any atom is 0.303 e. The fourth-order valence-corrected chi connectivity index (χ4v) is 3.62. The summed E-state index contributed by atoms with van der Waals surface area (Å²) in [5, 5.41) is 4.29. The van der Waals surface area contributed by atoms with Crippen LogP contribution < -0.4 is 4.74 Å². The summed E-state index contributed by atoms with van der Waals surface area (Å²) in [5.74, 6) is 1.06. The van der Waals surface area contributed by atoms with E-state index in [1.54, 1.807) is 7.11 Å². The molecule has 23 heavy (non-hydrogen) atoms. The number of nitrogens with zero attached hydrogens (tertiary/aromatic N) is 1. The number of hydrogen-bond donors (Lipinski definition) is 0. The molecule has 0 aromatic heterocycles. The minimum Gasteiger partial charge on any atom is -0.497 e. The number of fused-ring (bicyclic) bond motifs is 1. The Kier molecular flexibility index (Phi) is 4.84. The van der Waals surface area contributed by atoms with Crippen LogP contribution in [0.4, 0.5) is 0 Å². The lowest BCUT2D eigenvalue weighted by atomic mass is 9.72. The fourth-order valence-electron chi connectivity index (χ4n) is 3.62. The third-order valence-corrected chi connectivity index (χ3v) is 4.74. The Bertz CT molecular complexity index is 581. The highest BCUT2D eigenvalue weighted by atomic mass is 16.6. The lowest BCUT2D eigenvalue weighted by Gasteiger charge is -2.39. The standard InChI is InChI=1S/C18H23NO4/c1-12(20)22-11-16-18(13-7-9-14(21-2)10-8-13)15-5-3-4-6-17(15)23-19-16/h7-10,15,17-18H,3-6,11H2,1-2H3/t15-,17+,18+/m1/s1. The van der Waals surface area contributed by atoms with E-state index in [-0.39, 0.29) is 24.6 Å². The summed E-state index contributed by atoms with van der Waals surface area (Å²) in [5.41, 5.74) is 1.98. The number of methoxy groups -OCH3 is 1. The Hall–Kier alpha value is -2.04. The summed E-state index contributed by atoms with van der Waals surface area (Å²) < 4.78 is 10.4. The van der Waals surface area contributed by atoms with Gasteiger partial charge in [-0.05, 0) is 37.0 Å². The molecule has 0 unspecified atom stereocenters. The van der Waals surface area contributed by atoms with Gasteiger partial charge in [0.15, 0.2) is 0 Å². The highest BCUT2D eigenvalue weighted by Crippen LogP contribution is 2.41. The summed E-state index contributed by atoms with van der Waals surface area (Å²) in [7, 11) is 1.66. The van der Waals surface area contributed by atoms with Crippen LogP contribution in [-0.2, 0) is 14.4 Å². The van der Waals surface area contributed by atoms with Gasteiger partial charge in [-0.3, -0.25) is 4.79 Å². The second-order valence-corrected chi connectivity index (χ2v) is 6.21. The third kappa shape index (κ3) is 3.49. The average Bonchev–Trinajstić information content (AvgIpc) is 2.59. The predicted octanol–water partition coefficient (Wildman–Crippen LogP) is 3.29. The molecular weight excluding hydrogens is 294 g/mol. The number of ether oxygens (including phenoxy) is 2. The molecule has 1 saturated carbocycles. The molecule has 5 nitrogen and oxygen atoms in total. The normalized spacial score (nSPS) is 26.5. The third-order valence-electron chi connectivity index (χ3n) is 4.74. The Morgan fingerprint density at radius 1 is 1.26 bits per heavy atom. The molecule has 0 saturated heterocycles. The number of carbonyl (C=O) groups is 1. The molecule has 1 heterocycles. The van der Waals surface area contributed by atoms with Gasteiger partial charge in [0.05, 0.1) is 7.11 Å². The molecule has 3 atom stereocenters. The lowest BCUT2D eigenvalue weighted by molar-refractivity contribution is -0.139. The highest BCUT2D eigenvalue weighted by molar-refractivity contribution is 5.93. The van der Waals surface area contributed by atoms with Gasteiger partial charge in [0, 0.05) is 18.8 Å². The van der Waals surface area contributed by atoms with Crippen LogP contribution in [0.3, 0.4) is 0 Å². The summed E-state index contributed by atoms with van der Waals surface area (Å²) in [6.07, 6.45) is 4.71. The second-order valence-electron chi connectivity index (χ2n) is 6.21. The largest absolute Gasteiger partial charge is 0.497 e. The van der Waals surface area contributed by atoms with Crippen molar-refractivity contribution in [2.45, 2.75) is 44.6 Å². The monoisotopic (exact) mass is 317 g/mol. The molecule has 1 aromatic rings. The van der Waals surface area contributed by atoms with Gasteiger partial charge in [0.2, 0.25) is 0 Å². The number of esters is 1. The quantitative estimate of drug-likeness (QED) is 0.800. The first-order valence-electron chi connectivity index (χ1n) is 8.19. The minimum atomic E-state index is -0.299. The molecule has 5 heteroatoms. The van der Waals surface area contributed by atoms with E-state index in [0.717, 1.165) is 24.3 Å². The first-order chi connectivity index (χ1) is 11.2. The fraction of sp³-hybridized carbons (Fsp3) is 0.556. The number of hydrogen-bond acceptors (Lipinski definition) is 5. The van der Waals surface area contributed by atoms with Crippen LogP contribution in [0, 0.1) is 5.92 Å². The molecule has 0 amide bonds.